The minimum absolute atomic E-state index is 0.402. The van der Waals surface area contributed by atoms with Crippen molar-refractivity contribution in [3.63, 3.8) is 0 Å². The van der Waals surface area contributed by atoms with Crippen molar-refractivity contribution in [2.45, 2.75) is 126 Å². The summed E-state index contributed by atoms with van der Waals surface area (Å²) in [4.78, 5) is 0. The van der Waals surface area contributed by atoms with Crippen molar-refractivity contribution in [2.75, 3.05) is 0 Å². The van der Waals surface area contributed by atoms with E-state index in [1.54, 1.807) is 6.21 Å². The van der Waals surface area contributed by atoms with E-state index in [4.69, 9.17) is 5.41 Å². The largest absolute Gasteiger partial charge is 0.308 e. The Morgan fingerprint density at radius 2 is 1.69 bits per heavy atom. The molecule has 0 aliphatic heterocycles. The van der Waals surface area contributed by atoms with Crippen molar-refractivity contribution in [1.29, 1.82) is 5.41 Å². The highest BCUT2D eigenvalue weighted by Crippen LogP contribution is 2.63. The van der Waals surface area contributed by atoms with E-state index in [9.17, 15) is 0 Å². The van der Waals surface area contributed by atoms with Gasteiger partial charge in [0.2, 0.25) is 0 Å². The maximum atomic E-state index is 7.99. The highest BCUT2D eigenvalue weighted by molar-refractivity contribution is 5.77. The molecule has 0 aromatic carbocycles. The molecule has 0 spiro atoms. The van der Waals surface area contributed by atoms with E-state index in [-0.39, 0.29) is 0 Å². The van der Waals surface area contributed by atoms with E-state index < -0.39 is 0 Å². The van der Waals surface area contributed by atoms with Crippen LogP contribution < -0.4 is 0 Å². The van der Waals surface area contributed by atoms with Gasteiger partial charge in [-0.15, -0.1) is 0 Å². The number of rotatable bonds is 9. The van der Waals surface area contributed by atoms with Gasteiger partial charge in [-0.2, -0.15) is 0 Å². The lowest BCUT2D eigenvalue weighted by Crippen LogP contribution is -2.45. The summed E-state index contributed by atoms with van der Waals surface area (Å²) in [5.41, 5.74) is 3.83. The summed E-state index contributed by atoms with van der Waals surface area (Å²) >= 11 is 0. The smallest absolute Gasteiger partial charge is 0.0209 e. The Morgan fingerprint density at radius 1 is 1.00 bits per heavy atom. The highest BCUT2D eigenvalue weighted by Gasteiger charge is 2.53. The van der Waals surface area contributed by atoms with Crippen LogP contribution in [-0.4, -0.2) is 6.21 Å². The van der Waals surface area contributed by atoms with Gasteiger partial charge in [-0.1, -0.05) is 66.9 Å². The third-order valence-electron chi connectivity index (χ3n) is 11.4. The Balaban J connectivity index is 1.68. The summed E-state index contributed by atoms with van der Waals surface area (Å²) in [5.74, 6) is 6.17. The molecule has 2 saturated carbocycles. The molecule has 1 nitrogen and oxygen atoms in total. The molecule has 3 rings (SSSR count). The Bertz CT molecular complexity index is 674. The number of nitrogens with one attached hydrogen (secondary N) is 1. The number of allylic oxidation sites excluding steroid dienone is 2. The molecule has 32 heavy (non-hydrogen) atoms. The maximum absolute atomic E-state index is 7.99. The summed E-state index contributed by atoms with van der Waals surface area (Å²) in [7, 11) is 0. The molecule has 0 radical (unpaired) electrons. The van der Waals surface area contributed by atoms with Gasteiger partial charge in [0.05, 0.1) is 0 Å². The summed E-state index contributed by atoms with van der Waals surface area (Å²) in [6.45, 7) is 19.8. The van der Waals surface area contributed by atoms with Crippen LogP contribution in [0.5, 0.6) is 0 Å². The zero-order chi connectivity index (χ0) is 23.7. The van der Waals surface area contributed by atoms with Crippen molar-refractivity contribution in [3.8, 4) is 0 Å². The zero-order valence-electron chi connectivity index (χ0n) is 22.9. The molecule has 0 bridgehead atoms. The van der Waals surface area contributed by atoms with Gasteiger partial charge in [-0.3, -0.25) is 0 Å². The van der Waals surface area contributed by atoms with Gasteiger partial charge in [-0.05, 0) is 123 Å². The average molecular weight is 442 g/mol. The molecule has 0 saturated heterocycles. The Hall–Kier alpha value is -0.590. The molecular weight excluding hydrogens is 386 g/mol. The lowest BCUT2D eigenvalue weighted by Gasteiger charge is -2.53. The molecular formula is C31H55N. The molecule has 0 heterocycles. The van der Waals surface area contributed by atoms with Crippen molar-refractivity contribution in [3.05, 3.63) is 11.1 Å². The Labute approximate surface area is 201 Å². The molecule has 2 fully saturated rings. The van der Waals surface area contributed by atoms with Crippen molar-refractivity contribution in [2.24, 2.45) is 52.3 Å². The first-order valence-electron chi connectivity index (χ1n) is 14.3. The number of hydrogen-bond donors (Lipinski definition) is 1. The van der Waals surface area contributed by atoms with E-state index in [1.165, 1.54) is 75.4 Å². The first-order chi connectivity index (χ1) is 15.1. The highest BCUT2D eigenvalue weighted by atomic mass is 14.6. The zero-order valence-corrected chi connectivity index (χ0v) is 22.9. The van der Waals surface area contributed by atoms with E-state index in [0.717, 1.165) is 47.8 Å². The molecule has 3 aliphatic carbocycles. The maximum Gasteiger partial charge on any atom is 0.0209 e. The van der Waals surface area contributed by atoms with Gasteiger partial charge in [0.25, 0.3) is 0 Å². The molecule has 1 N–H and O–H groups in total. The second kappa shape index (κ2) is 10.4. The molecule has 1 heteroatoms. The quantitative estimate of drug-likeness (QED) is 0.344. The van der Waals surface area contributed by atoms with E-state index >= 15 is 0 Å². The van der Waals surface area contributed by atoms with Gasteiger partial charge in [-0.25, -0.2) is 0 Å². The molecule has 8 unspecified atom stereocenters. The summed E-state index contributed by atoms with van der Waals surface area (Å²) in [6, 6.07) is 0. The molecule has 0 aromatic heterocycles. The fourth-order valence-corrected chi connectivity index (χ4v) is 8.83. The van der Waals surface area contributed by atoms with Gasteiger partial charge in [0.1, 0.15) is 0 Å². The monoisotopic (exact) mass is 441 g/mol. The topological polar surface area (TPSA) is 23.9 Å². The van der Waals surface area contributed by atoms with Gasteiger partial charge in [0.15, 0.2) is 0 Å². The van der Waals surface area contributed by atoms with Gasteiger partial charge >= 0.3 is 0 Å². The van der Waals surface area contributed by atoms with Crippen molar-refractivity contribution >= 4 is 6.21 Å². The van der Waals surface area contributed by atoms with Gasteiger partial charge in [0, 0.05) is 6.21 Å². The number of fused-ring (bicyclic) bond motifs is 1. The lowest BCUT2D eigenvalue weighted by molar-refractivity contribution is -0.0182. The summed E-state index contributed by atoms with van der Waals surface area (Å²) in [5, 5.41) is 7.99. The molecule has 8 atom stereocenters. The minimum atomic E-state index is 0.402. The van der Waals surface area contributed by atoms with Crippen molar-refractivity contribution < 1.29 is 0 Å². The SMILES string of the molecule is CCC(CC(C)CC1CCC2CC(C3(C)CC(C=N)=C(C)CC3CC)CCC12C)C(C)C. The van der Waals surface area contributed by atoms with E-state index in [1.807, 2.05) is 0 Å². The first-order valence-corrected chi connectivity index (χ1v) is 14.3. The van der Waals surface area contributed by atoms with Crippen LogP contribution in [0.2, 0.25) is 0 Å². The summed E-state index contributed by atoms with van der Waals surface area (Å²) in [6.07, 6.45) is 16.9. The predicted octanol–water partition coefficient (Wildman–Crippen LogP) is 9.71. The summed E-state index contributed by atoms with van der Waals surface area (Å²) < 4.78 is 0. The predicted molar refractivity (Wildman–Crippen MR) is 141 cm³/mol. The standard InChI is InChI=1S/C31H55N/c1-9-24(21(3)4)15-22(5)16-27-11-12-28-18-29(13-14-30(27,28)7)31(8)19-25(20-32)23(6)17-26(31)10-2/h20-22,24,26-29,32H,9-19H2,1-8H3. The second-order valence-corrected chi connectivity index (χ2v) is 13.4. The minimum Gasteiger partial charge on any atom is -0.308 e. The van der Waals surface area contributed by atoms with Crippen LogP contribution in [0.15, 0.2) is 11.1 Å². The van der Waals surface area contributed by atoms with Crippen LogP contribution in [0.3, 0.4) is 0 Å². The van der Waals surface area contributed by atoms with E-state index in [0.29, 0.717) is 10.8 Å². The fourth-order valence-electron chi connectivity index (χ4n) is 8.83. The third-order valence-corrected chi connectivity index (χ3v) is 11.4. The van der Waals surface area contributed by atoms with Crippen molar-refractivity contribution in [1.82, 2.24) is 0 Å². The first kappa shape index (κ1) is 26.0. The normalized spacial score (nSPS) is 39.8. The van der Waals surface area contributed by atoms with Crippen LogP contribution in [0, 0.1) is 57.7 Å². The fraction of sp³-hybridized carbons (Fsp3) is 0.903. The van der Waals surface area contributed by atoms with Crippen LogP contribution in [0.1, 0.15) is 126 Å². The van der Waals surface area contributed by atoms with Gasteiger partial charge < -0.3 is 5.41 Å². The van der Waals surface area contributed by atoms with Crippen LogP contribution in [-0.2, 0) is 0 Å². The van der Waals surface area contributed by atoms with Crippen LogP contribution in [0.25, 0.3) is 0 Å². The average Bonchev–Trinajstić information content (AvgIpc) is 3.08. The Kier molecular flexibility index (Phi) is 8.42. The molecule has 3 aliphatic rings. The number of hydrogen-bond acceptors (Lipinski definition) is 1. The van der Waals surface area contributed by atoms with Crippen LogP contribution in [0.4, 0.5) is 0 Å². The molecule has 184 valence electrons. The lowest BCUT2D eigenvalue weighted by atomic mass is 9.51. The third kappa shape index (κ3) is 4.93. The Morgan fingerprint density at radius 3 is 2.28 bits per heavy atom. The molecule has 0 aromatic rings. The van der Waals surface area contributed by atoms with E-state index in [2.05, 4.69) is 55.4 Å². The molecule has 0 amide bonds. The second-order valence-electron chi connectivity index (χ2n) is 13.4. The van der Waals surface area contributed by atoms with Crippen LogP contribution >= 0.6 is 0 Å².